The molecular weight excluding hydrogens is 454 g/mol. The SMILES string of the molecule is O=C(NC(c1ccccc1)c1ccccc1)[C@H]1CCCN(S(=O)(=O)c2cccc([N+](=O)[O-])c2)C1. The fraction of sp³-hybridized carbons (Fsp3) is 0.240. The van der Waals surface area contributed by atoms with Crippen LogP contribution in [-0.2, 0) is 14.8 Å². The number of carbonyl (C=O) groups is 1. The number of piperidine rings is 1. The minimum absolute atomic E-state index is 0.0210. The summed E-state index contributed by atoms with van der Waals surface area (Å²) in [4.78, 5) is 23.6. The zero-order valence-corrected chi connectivity index (χ0v) is 19.2. The van der Waals surface area contributed by atoms with Gasteiger partial charge in [-0.1, -0.05) is 66.7 Å². The average Bonchev–Trinajstić information content (AvgIpc) is 2.88. The maximum atomic E-state index is 13.3. The molecule has 1 aliphatic heterocycles. The predicted molar refractivity (Wildman–Crippen MR) is 127 cm³/mol. The first-order valence-electron chi connectivity index (χ1n) is 11.0. The second-order valence-electron chi connectivity index (χ2n) is 8.22. The van der Waals surface area contributed by atoms with Gasteiger partial charge in [0.1, 0.15) is 0 Å². The van der Waals surface area contributed by atoms with E-state index < -0.39 is 20.9 Å². The molecule has 8 nitrogen and oxygen atoms in total. The van der Waals surface area contributed by atoms with Gasteiger partial charge in [0.15, 0.2) is 0 Å². The van der Waals surface area contributed by atoms with Gasteiger partial charge in [-0.2, -0.15) is 4.31 Å². The van der Waals surface area contributed by atoms with Crippen LogP contribution >= 0.6 is 0 Å². The Hall–Kier alpha value is -3.56. The molecule has 1 heterocycles. The first-order chi connectivity index (χ1) is 16.4. The average molecular weight is 480 g/mol. The van der Waals surface area contributed by atoms with Gasteiger partial charge >= 0.3 is 0 Å². The normalized spacial score (nSPS) is 16.8. The van der Waals surface area contributed by atoms with Crippen LogP contribution in [0.3, 0.4) is 0 Å². The van der Waals surface area contributed by atoms with Crippen LogP contribution in [0.15, 0.2) is 89.8 Å². The molecule has 0 radical (unpaired) electrons. The van der Waals surface area contributed by atoms with Gasteiger partial charge < -0.3 is 5.32 Å². The second-order valence-corrected chi connectivity index (χ2v) is 10.2. The molecule has 0 unspecified atom stereocenters. The van der Waals surface area contributed by atoms with Crippen molar-refractivity contribution < 1.29 is 18.1 Å². The highest BCUT2D eigenvalue weighted by atomic mass is 32.2. The smallest absolute Gasteiger partial charge is 0.270 e. The molecule has 3 aromatic carbocycles. The molecular formula is C25H25N3O5S. The van der Waals surface area contributed by atoms with E-state index in [0.717, 1.165) is 17.2 Å². The topological polar surface area (TPSA) is 110 Å². The Bertz CT molecular complexity index is 1230. The van der Waals surface area contributed by atoms with E-state index in [4.69, 9.17) is 0 Å². The number of benzene rings is 3. The number of nitrogens with one attached hydrogen (secondary N) is 1. The van der Waals surface area contributed by atoms with Gasteiger partial charge in [-0.25, -0.2) is 8.42 Å². The first kappa shape index (κ1) is 23.6. The summed E-state index contributed by atoms with van der Waals surface area (Å²) in [5.41, 5.74) is 1.57. The van der Waals surface area contributed by atoms with Crippen LogP contribution in [-0.4, -0.2) is 36.6 Å². The predicted octanol–water partition coefficient (Wildman–Crippen LogP) is 3.90. The number of amides is 1. The molecule has 0 bridgehead atoms. The highest BCUT2D eigenvalue weighted by Crippen LogP contribution is 2.28. The van der Waals surface area contributed by atoms with Crippen molar-refractivity contribution in [2.75, 3.05) is 13.1 Å². The fourth-order valence-corrected chi connectivity index (χ4v) is 5.76. The van der Waals surface area contributed by atoms with Crippen LogP contribution in [0.5, 0.6) is 0 Å². The summed E-state index contributed by atoms with van der Waals surface area (Å²) >= 11 is 0. The fourth-order valence-electron chi connectivity index (χ4n) is 4.19. The number of rotatable bonds is 7. The zero-order valence-electron chi connectivity index (χ0n) is 18.4. The summed E-state index contributed by atoms with van der Waals surface area (Å²) in [6, 6.07) is 23.9. The van der Waals surface area contributed by atoms with Crippen LogP contribution in [0.25, 0.3) is 0 Å². The van der Waals surface area contributed by atoms with E-state index in [9.17, 15) is 23.3 Å². The third-order valence-electron chi connectivity index (χ3n) is 5.97. The number of nitro benzene ring substituents is 1. The number of non-ortho nitro benzene ring substituents is 1. The molecule has 176 valence electrons. The van der Waals surface area contributed by atoms with Gasteiger partial charge in [-0.15, -0.1) is 0 Å². The molecule has 34 heavy (non-hydrogen) atoms. The molecule has 9 heteroatoms. The van der Waals surface area contributed by atoms with Gasteiger partial charge in [-0.05, 0) is 30.0 Å². The van der Waals surface area contributed by atoms with Crippen LogP contribution in [0, 0.1) is 16.0 Å². The third-order valence-corrected chi connectivity index (χ3v) is 7.83. The minimum atomic E-state index is -3.97. The lowest BCUT2D eigenvalue weighted by Crippen LogP contribution is -2.46. The standard InChI is InChI=1S/C25H25N3O5S/c29-25(26-24(19-9-3-1-4-10-19)20-11-5-2-6-12-20)21-13-8-16-27(18-21)34(32,33)23-15-7-14-22(17-23)28(30)31/h1-7,9-12,14-15,17,21,24H,8,13,16,18H2,(H,26,29)/t21-/m0/s1. The zero-order chi connectivity index (χ0) is 24.1. The van der Waals surface area contributed by atoms with Crippen LogP contribution in [0.1, 0.15) is 30.0 Å². The molecule has 3 aromatic rings. The van der Waals surface area contributed by atoms with Gasteiger partial charge in [0.25, 0.3) is 5.69 Å². The van der Waals surface area contributed by atoms with E-state index in [0.29, 0.717) is 12.8 Å². The number of hydrogen-bond donors (Lipinski definition) is 1. The number of carbonyl (C=O) groups excluding carboxylic acids is 1. The molecule has 1 N–H and O–H groups in total. The summed E-state index contributed by atoms with van der Waals surface area (Å²) in [6.45, 7) is 0.281. The van der Waals surface area contributed by atoms with E-state index in [1.165, 1.54) is 22.5 Å². The van der Waals surface area contributed by atoms with Crippen molar-refractivity contribution >= 4 is 21.6 Å². The first-order valence-corrected chi connectivity index (χ1v) is 12.4. The van der Waals surface area contributed by atoms with Crippen molar-refractivity contribution in [2.24, 2.45) is 5.92 Å². The molecule has 4 rings (SSSR count). The van der Waals surface area contributed by atoms with E-state index in [1.54, 1.807) is 0 Å². The summed E-state index contributed by atoms with van der Waals surface area (Å²) in [6.07, 6.45) is 1.08. The number of nitro groups is 1. The van der Waals surface area contributed by atoms with Crippen LogP contribution < -0.4 is 5.32 Å². The highest BCUT2D eigenvalue weighted by Gasteiger charge is 2.34. The lowest BCUT2D eigenvalue weighted by atomic mass is 9.95. The van der Waals surface area contributed by atoms with E-state index in [-0.39, 0.29) is 35.6 Å². The molecule has 1 saturated heterocycles. The molecule has 1 aliphatic rings. The summed E-state index contributed by atoms with van der Waals surface area (Å²) in [7, 11) is -3.97. The van der Waals surface area contributed by atoms with Crippen molar-refractivity contribution in [3.8, 4) is 0 Å². The summed E-state index contributed by atoms with van der Waals surface area (Å²) in [5.74, 6) is -0.756. The molecule has 1 fully saturated rings. The van der Waals surface area contributed by atoms with E-state index in [1.807, 2.05) is 60.7 Å². The molecule has 0 saturated carbocycles. The number of hydrogen-bond acceptors (Lipinski definition) is 5. The number of nitrogens with zero attached hydrogens (tertiary/aromatic N) is 2. The third kappa shape index (κ3) is 5.16. The largest absolute Gasteiger partial charge is 0.345 e. The van der Waals surface area contributed by atoms with Crippen molar-refractivity contribution in [3.05, 3.63) is 106 Å². The Morgan fingerprint density at radius 1 is 0.971 bits per heavy atom. The Balaban J connectivity index is 1.54. The maximum Gasteiger partial charge on any atom is 0.270 e. The molecule has 0 aromatic heterocycles. The lowest BCUT2D eigenvalue weighted by Gasteiger charge is -2.32. The quantitative estimate of drug-likeness (QED) is 0.408. The minimum Gasteiger partial charge on any atom is -0.345 e. The summed E-state index contributed by atoms with van der Waals surface area (Å²) in [5, 5.41) is 14.2. The Kier molecular flexibility index (Phi) is 7.04. The number of sulfonamides is 1. The Morgan fingerprint density at radius 3 is 2.18 bits per heavy atom. The lowest BCUT2D eigenvalue weighted by molar-refractivity contribution is -0.385. The molecule has 0 aliphatic carbocycles. The van der Waals surface area contributed by atoms with Crippen molar-refractivity contribution in [2.45, 2.75) is 23.8 Å². The van der Waals surface area contributed by atoms with Crippen LogP contribution in [0.2, 0.25) is 0 Å². The van der Waals surface area contributed by atoms with Crippen molar-refractivity contribution in [3.63, 3.8) is 0 Å². The summed E-state index contributed by atoms with van der Waals surface area (Å²) < 4.78 is 27.6. The molecule has 1 atom stereocenters. The monoisotopic (exact) mass is 479 g/mol. The van der Waals surface area contributed by atoms with Crippen LogP contribution in [0.4, 0.5) is 5.69 Å². The van der Waals surface area contributed by atoms with E-state index in [2.05, 4.69) is 5.32 Å². The Morgan fingerprint density at radius 2 is 1.59 bits per heavy atom. The van der Waals surface area contributed by atoms with E-state index >= 15 is 0 Å². The molecule has 0 spiro atoms. The van der Waals surface area contributed by atoms with Gasteiger partial charge in [0, 0.05) is 25.2 Å². The van der Waals surface area contributed by atoms with Gasteiger partial charge in [0.05, 0.1) is 21.8 Å². The molecule has 1 amide bonds. The van der Waals surface area contributed by atoms with Crippen molar-refractivity contribution in [1.82, 2.24) is 9.62 Å². The van der Waals surface area contributed by atoms with Gasteiger partial charge in [-0.3, -0.25) is 14.9 Å². The van der Waals surface area contributed by atoms with Gasteiger partial charge in [0.2, 0.25) is 15.9 Å². The highest BCUT2D eigenvalue weighted by molar-refractivity contribution is 7.89. The Labute approximate surface area is 198 Å². The van der Waals surface area contributed by atoms with Crippen molar-refractivity contribution in [1.29, 1.82) is 0 Å². The second kappa shape index (κ2) is 10.1. The maximum absolute atomic E-state index is 13.3.